The van der Waals surface area contributed by atoms with E-state index in [1.807, 2.05) is 20.8 Å². The molecule has 2 aliphatic rings. The molecule has 1 aromatic rings. The Kier molecular flexibility index (Phi) is 6.27. The molecule has 166 valence electrons. The van der Waals surface area contributed by atoms with Crippen molar-refractivity contribution in [2.45, 2.75) is 38.6 Å². The summed E-state index contributed by atoms with van der Waals surface area (Å²) in [6, 6.07) is 2.22. The Morgan fingerprint density at radius 2 is 2.03 bits per heavy atom. The van der Waals surface area contributed by atoms with E-state index in [2.05, 4.69) is 20.2 Å². The van der Waals surface area contributed by atoms with Crippen molar-refractivity contribution in [1.82, 2.24) is 20.1 Å². The van der Waals surface area contributed by atoms with E-state index in [1.54, 1.807) is 4.90 Å². The summed E-state index contributed by atoms with van der Waals surface area (Å²) in [6.45, 7) is 8.44. The standard InChI is InChI=1S/C19H26F3N5O3/c1-18(2,3)30-17(28)26-7-8-27-14(12-26)11-25-16(27)23-6-9-29-15-5-4-13(10-24-15)19(20,21)22/h4-5,10,14H,6-9,11-12H2,1-3H3,(H,23,25). The lowest BCUT2D eigenvalue weighted by molar-refractivity contribution is -0.137. The second-order valence-electron chi connectivity index (χ2n) is 8.10. The van der Waals surface area contributed by atoms with E-state index in [-0.39, 0.29) is 24.6 Å². The van der Waals surface area contributed by atoms with Crippen LogP contribution in [0.3, 0.4) is 0 Å². The molecule has 2 aliphatic heterocycles. The van der Waals surface area contributed by atoms with Gasteiger partial charge in [-0.2, -0.15) is 13.2 Å². The Labute approximate surface area is 173 Å². The molecule has 0 saturated carbocycles. The summed E-state index contributed by atoms with van der Waals surface area (Å²) < 4.78 is 48.4. The Morgan fingerprint density at radius 3 is 2.67 bits per heavy atom. The first kappa shape index (κ1) is 22.0. The second kappa shape index (κ2) is 8.57. The molecule has 11 heteroatoms. The van der Waals surface area contributed by atoms with Gasteiger partial charge in [0.15, 0.2) is 5.96 Å². The van der Waals surface area contributed by atoms with Crippen LogP contribution in [0.25, 0.3) is 0 Å². The molecule has 1 fully saturated rings. The van der Waals surface area contributed by atoms with Gasteiger partial charge in [-0.15, -0.1) is 0 Å². The van der Waals surface area contributed by atoms with Gasteiger partial charge in [0.2, 0.25) is 5.88 Å². The molecular weight excluding hydrogens is 403 g/mol. The lowest BCUT2D eigenvalue weighted by atomic mass is 10.2. The zero-order valence-corrected chi connectivity index (χ0v) is 17.2. The third-order valence-electron chi connectivity index (χ3n) is 4.56. The van der Waals surface area contributed by atoms with Crippen molar-refractivity contribution in [3.63, 3.8) is 0 Å². The highest BCUT2D eigenvalue weighted by Crippen LogP contribution is 2.29. The summed E-state index contributed by atoms with van der Waals surface area (Å²) >= 11 is 0. The first-order valence-corrected chi connectivity index (χ1v) is 9.72. The second-order valence-corrected chi connectivity index (χ2v) is 8.10. The SMILES string of the molecule is CC(C)(C)OC(=O)N1CCN2C(NCCOc3ccc(C(F)(F)F)cn3)=NCC2C1. The summed E-state index contributed by atoms with van der Waals surface area (Å²) in [4.78, 5) is 24.2. The zero-order chi connectivity index (χ0) is 21.9. The molecule has 0 spiro atoms. The molecule has 1 amide bonds. The van der Waals surface area contributed by atoms with E-state index in [9.17, 15) is 18.0 Å². The van der Waals surface area contributed by atoms with Gasteiger partial charge in [0, 0.05) is 31.9 Å². The molecule has 0 aromatic carbocycles. The van der Waals surface area contributed by atoms with E-state index in [1.165, 1.54) is 6.07 Å². The first-order chi connectivity index (χ1) is 14.0. The lowest BCUT2D eigenvalue weighted by Crippen LogP contribution is -2.57. The number of guanidine groups is 1. The lowest BCUT2D eigenvalue weighted by Gasteiger charge is -2.39. The minimum atomic E-state index is -4.42. The van der Waals surface area contributed by atoms with Gasteiger partial charge in [-0.05, 0) is 26.8 Å². The van der Waals surface area contributed by atoms with Crippen LogP contribution in [0.5, 0.6) is 5.88 Å². The molecule has 8 nitrogen and oxygen atoms in total. The normalized spacial score (nSPS) is 19.3. The average Bonchev–Trinajstić information content (AvgIpc) is 3.06. The zero-order valence-electron chi connectivity index (χ0n) is 17.2. The number of rotatable bonds is 4. The Balaban J connectivity index is 1.40. The van der Waals surface area contributed by atoms with Crippen molar-refractivity contribution in [2.75, 3.05) is 39.3 Å². The molecular formula is C19H26F3N5O3. The third kappa shape index (κ3) is 5.67. The Morgan fingerprint density at radius 1 is 1.27 bits per heavy atom. The quantitative estimate of drug-likeness (QED) is 0.741. The Bertz CT molecular complexity index is 777. The van der Waals surface area contributed by atoms with Gasteiger partial charge in [-0.25, -0.2) is 9.78 Å². The van der Waals surface area contributed by atoms with Crippen molar-refractivity contribution in [3.05, 3.63) is 23.9 Å². The van der Waals surface area contributed by atoms with E-state index < -0.39 is 17.3 Å². The predicted octanol–water partition coefficient (Wildman–Crippen LogP) is 2.36. The summed E-state index contributed by atoms with van der Waals surface area (Å²) in [7, 11) is 0. The van der Waals surface area contributed by atoms with Crippen molar-refractivity contribution >= 4 is 12.1 Å². The topological polar surface area (TPSA) is 79.3 Å². The van der Waals surface area contributed by atoms with Crippen molar-refractivity contribution in [2.24, 2.45) is 4.99 Å². The minimum absolute atomic E-state index is 0.0891. The van der Waals surface area contributed by atoms with E-state index in [4.69, 9.17) is 9.47 Å². The number of pyridine rings is 1. The first-order valence-electron chi connectivity index (χ1n) is 9.72. The number of aromatic nitrogens is 1. The molecule has 30 heavy (non-hydrogen) atoms. The van der Waals surface area contributed by atoms with Crippen LogP contribution in [0.15, 0.2) is 23.3 Å². The Hall–Kier alpha value is -2.72. The van der Waals surface area contributed by atoms with Gasteiger partial charge in [-0.3, -0.25) is 4.99 Å². The number of fused-ring (bicyclic) bond motifs is 1. The molecule has 1 N–H and O–H groups in total. The number of alkyl halides is 3. The van der Waals surface area contributed by atoms with Crippen molar-refractivity contribution in [1.29, 1.82) is 0 Å². The van der Waals surface area contributed by atoms with Gasteiger partial charge >= 0.3 is 12.3 Å². The molecule has 0 aliphatic carbocycles. The number of hydrogen-bond acceptors (Lipinski definition) is 7. The van der Waals surface area contributed by atoms with Crippen LogP contribution in [0.4, 0.5) is 18.0 Å². The van der Waals surface area contributed by atoms with Crippen molar-refractivity contribution in [3.8, 4) is 5.88 Å². The highest BCUT2D eigenvalue weighted by atomic mass is 19.4. The minimum Gasteiger partial charge on any atom is -0.476 e. The van der Waals surface area contributed by atoms with Crippen LogP contribution in [0.1, 0.15) is 26.3 Å². The number of aliphatic imine (C=N–C) groups is 1. The predicted molar refractivity (Wildman–Crippen MR) is 103 cm³/mol. The molecule has 0 radical (unpaired) electrons. The van der Waals surface area contributed by atoms with E-state index in [0.717, 1.165) is 18.2 Å². The number of amides is 1. The van der Waals surface area contributed by atoms with Crippen LogP contribution < -0.4 is 10.1 Å². The number of halogens is 3. The molecule has 1 aromatic heterocycles. The van der Waals surface area contributed by atoms with Gasteiger partial charge < -0.3 is 24.6 Å². The summed E-state index contributed by atoms with van der Waals surface area (Å²) in [5, 5.41) is 3.18. The molecule has 0 bridgehead atoms. The van der Waals surface area contributed by atoms with Crippen LogP contribution in [0, 0.1) is 0 Å². The van der Waals surface area contributed by atoms with Gasteiger partial charge in [-0.1, -0.05) is 0 Å². The summed E-state index contributed by atoms with van der Waals surface area (Å²) in [5.41, 5.74) is -1.35. The fraction of sp³-hybridized carbons (Fsp3) is 0.632. The number of carbonyl (C=O) groups is 1. The average molecular weight is 429 g/mol. The number of hydrogen-bond donors (Lipinski definition) is 1. The van der Waals surface area contributed by atoms with Crippen LogP contribution in [0.2, 0.25) is 0 Å². The third-order valence-corrected chi connectivity index (χ3v) is 4.56. The highest BCUT2D eigenvalue weighted by molar-refractivity contribution is 5.82. The molecule has 1 unspecified atom stereocenters. The number of piperazine rings is 1. The van der Waals surface area contributed by atoms with Crippen LogP contribution >= 0.6 is 0 Å². The van der Waals surface area contributed by atoms with Gasteiger partial charge in [0.1, 0.15) is 12.2 Å². The molecule has 1 saturated heterocycles. The largest absolute Gasteiger partial charge is 0.476 e. The van der Waals surface area contributed by atoms with Crippen LogP contribution in [-0.4, -0.2) is 77.8 Å². The molecule has 3 heterocycles. The molecule has 3 rings (SSSR count). The highest BCUT2D eigenvalue weighted by Gasteiger charge is 2.36. The fourth-order valence-electron chi connectivity index (χ4n) is 3.17. The maximum Gasteiger partial charge on any atom is 0.417 e. The maximum absolute atomic E-state index is 12.5. The number of nitrogens with one attached hydrogen (secondary N) is 1. The van der Waals surface area contributed by atoms with Crippen LogP contribution in [-0.2, 0) is 10.9 Å². The molecule has 1 atom stereocenters. The fourth-order valence-corrected chi connectivity index (χ4v) is 3.17. The maximum atomic E-state index is 12.5. The van der Waals surface area contributed by atoms with E-state index in [0.29, 0.717) is 32.7 Å². The number of ether oxygens (including phenoxy) is 2. The number of nitrogens with zero attached hydrogens (tertiary/aromatic N) is 4. The summed E-state index contributed by atoms with van der Waals surface area (Å²) in [6.07, 6.45) is -3.99. The monoisotopic (exact) mass is 429 g/mol. The number of carbonyl (C=O) groups excluding carboxylic acids is 1. The van der Waals surface area contributed by atoms with E-state index >= 15 is 0 Å². The van der Waals surface area contributed by atoms with Crippen molar-refractivity contribution < 1.29 is 27.4 Å². The van der Waals surface area contributed by atoms with Gasteiger partial charge in [0.05, 0.1) is 24.7 Å². The smallest absolute Gasteiger partial charge is 0.417 e. The summed E-state index contributed by atoms with van der Waals surface area (Å²) in [5.74, 6) is 0.856. The van der Waals surface area contributed by atoms with Gasteiger partial charge in [0.25, 0.3) is 0 Å².